The number of benzene rings is 1. The van der Waals surface area contributed by atoms with E-state index in [1.165, 1.54) is 0 Å². The number of fused-ring (bicyclic) bond motifs is 1. The van der Waals surface area contributed by atoms with Crippen LogP contribution in [0.4, 0.5) is 36.3 Å². The number of nitrogens with zero attached hydrogens (tertiary/aromatic N) is 2. The number of nitrogens with one attached hydrogen (secondary N) is 3. The summed E-state index contributed by atoms with van der Waals surface area (Å²) in [7, 11) is 0. The van der Waals surface area contributed by atoms with Crippen molar-refractivity contribution >= 4 is 40.8 Å². The van der Waals surface area contributed by atoms with E-state index in [2.05, 4.69) is 25.9 Å². The summed E-state index contributed by atoms with van der Waals surface area (Å²) >= 11 is 1.62. The van der Waals surface area contributed by atoms with E-state index < -0.39 is 11.7 Å². The molecule has 6 nitrogen and oxygen atoms in total. The van der Waals surface area contributed by atoms with Crippen LogP contribution in [0.5, 0.6) is 0 Å². The molecule has 1 aromatic heterocycles. The van der Waals surface area contributed by atoms with Crippen molar-refractivity contribution < 1.29 is 18.0 Å². The molecular weight excluding hydrogens is 379 g/mol. The fourth-order valence-corrected chi connectivity index (χ4v) is 3.14. The Bertz CT molecular complexity index is 844. The van der Waals surface area contributed by atoms with Gasteiger partial charge in [-0.3, -0.25) is 4.79 Å². The Morgan fingerprint density at radius 1 is 1.33 bits per heavy atom. The molecule has 0 saturated carbocycles. The monoisotopic (exact) mass is 397 g/mol. The summed E-state index contributed by atoms with van der Waals surface area (Å²) in [5.41, 5.74) is 1.23. The van der Waals surface area contributed by atoms with Gasteiger partial charge in [0.15, 0.2) is 0 Å². The first-order valence-corrected chi connectivity index (χ1v) is 9.48. The van der Waals surface area contributed by atoms with Gasteiger partial charge in [-0.15, -0.1) is 0 Å². The Balaban J connectivity index is 1.79. The Morgan fingerprint density at radius 3 is 2.89 bits per heavy atom. The number of alkyl halides is 3. The molecular formula is C17H18F3N5OS. The van der Waals surface area contributed by atoms with Gasteiger partial charge in [0.05, 0.1) is 6.42 Å². The number of halogens is 3. The van der Waals surface area contributed by atoms with Gasteiger partial charge in [-0.1, -0.05) is 6.92 Å². The van der Waals surface area contributed by atoms with Crippen LogP contribution in [0.25, 0.3) is 0 Å². The summed E-state index contributed by atoms with van der Waals surface area (Å²) in [5.74, 6) is 1.26. The van der Waals surface area contributed by atoms with Gasteiger partial charge < -0.3 is 16.0 Å². The lowest BCUT2D eigenvalue weighted by Gasteiger charge is -2.15. The Labute approximate surface area is 158 Å². The second-order valence-electron chi connectivity index (χ2n) is 5.80. The van der Waals surface area contributed by atoms with Crippen molar-refractivity contribution in [2.45, 2.75) is 19.5 Å². The highest BCUT2D eigenvalue weighted by Gasteiger charge is 2.35. The van der Waals surface area contributed by atoms with Crippen molar-refractivity contribution in [1.82, 2.24) is 9.97 Å². The standard InChI is InChI=1S/C17H18F3N5OS/c1-2-27-6-5-21-15-12(17(18,19)20)9-22-16(25-15)23-11-3-4-13-10(7-11)8-14(26)24-13/h3-4,7,9H,2,5-6,8H2,1H3,(H,24,26)(H2,21,22,23,25). The quantitative estimate of drug-likeness (QED) is 0.615. The van der Waals surface area contributed by atoms with E-state index >= 15 is 0 Å². The molecule has 0 aliphatic carbocycles. The van der Waals surface area contributed by atoms with Crippen LogP contribution in [-0.2, 0) is 17.4 Å². The number of rotatable bonds is 7. The number of hydrogen-bond donors (Lipinski definition) is 3. The Morgan fingerprint density at radius 2 is 2.15 bits per heavy atom. The van der Waals surface area contributed by atoms with Crippen LogP contribution < -0.4 is 16.0 Å². The zero-order chi connectivity index (χ0) is 19.4. The van der Waals surface area contributed by atoms with E-state index in [1.807, 2.05) is 6.92 Å². The second-order valence-corrected chi connectivity index (χ2v) is 7.19. The van der Waals surface area contributed by atoms with Crippen molar-refractivity contribution in [3.63, 3.8) is 0 Å². The minimum absolute atomic E-state index is 0.0471. The SMILES string of the molecule is CCSCCNc1nc(Nc2ccc3c(c2)CC(=O)N3)ncc1C(F)(F)F. The van der Waals surface area contributed by atoms with Crippen molar-refractivity contribution in [2.75, 3.05) is 34.0 Å². The molecule has 2 heterocycles. The normalized spacial score (nSPS) is 13.3. The predicted octanol–water partition coefficient (Wildman–Crippen LogP) is 3.90. The number of thioether (sulfide) groups is 1. The van der Waals surface area contributed by atoms with Gasteiger partial charge in [-0.2, -0.15) is 29.9 Å². The van der Waals surface area contributed by atoms with E-state index in [-0.39, 0.29) is 24.1 Å². The molecule has 3 N–H and O–H groups in total. The van der Waals surface area contributed by atoms with Gasteiger partial charge in [0.2, 0.25) is 11.9 Å². The molecule has 1 aliphatic heterocycles. The number of amides is 1. The maximum Gasteiger partial charge on any atom is 0.421 e. The zero-order valence-corrected chi connectivity index (χ0v) is 15.3. The third-order valence-corrected chi connectivity index (χ3v) is 4.72. The van der Waals surface area contributed by atoms with Crippen LogP contribution in [0.2, 0.25) is 0 Å². The van der Waals surface area contributed by atoms with Gasteiger partial charge in [-0.05, 0) is 29.5 Å². The van der Waals surface area contributed by atoms with Gasteiger partial charge in [-0.25, -0.2) is 4.98 Å². The Hall–Kier alpha value is -2.49. The molecule has 10 heteroatoms. The predicted molar refractivity (Wildman–Crippen MR) is 101 cm³/mol. The fourth-order valence-electron chi connectivity index (χ4n) is 2.61. The first-order chi connectivity index (χ1) is 12.9. The van der Waals surface area contributed by atoms with Crippen LogP contribution in [-0.4, -0.2) is 33.9 Å². The first kappa shape index (κ1) is 19.3. The highest BCUT2D eigenvalue weighted by molar-refractivity contribution is 7.99. The summed E-state index contributed by atoms with van der Waals surface area (Å²) < 4.78 is 39.6. The third-order valence-electron chi connectivity index (χ3n) is 3.82. The highest BCUT2D eigenvalue weighted by Crippen LogP contribution is 2.34. The van der Waals surface area contributed by atoms with Crippen molar-refractivity contribution in [1.29, 1.82) is 0 Å². The topological polar surface area (TPSA) is 78.9 Å². The number of hydrogen-bond acceptors (Lipinski definition) is 6. The van der Waals surface area contributed by atoms with E-state index in [9.17, 15) is 18.0 Å². The van der Waals surface area contributed by atoms with E-state index in [1.54, 1.807) is 30.0 Å². The number of aromatic nitrogens is 2. The van der Waals surface area contributed by atoms with Crippen LogP contribution in [0.1, 0.15) is 18.1 Å². The van der Waals surface area contributed by atoms with Crippen LogP contribution >= 0.6 is 11.8 Å². The largest absolute Gasteiger partial charge is 0.421 e. The second kappa shape index (κ2) is 8.03. The molecule has 1 amide bonds. The molecule has 1 aromatic carbocycles. The molecule has 0 radical (unpaired) electrons. The maximum atomic E-state index is 13.2. The fraction of sp³-hybridized carbons (Fsp3) is 0.353. The summed E-state index contributed by atoms with van der Waals surface area (Å²) in [6.45, 7) is 2.35. The zero-order valence-electron chi connectivity index (χ0n) is 14.5. The number of carbonyl (C=O) groups excluding carboxylic acids is 1. The molecule has 0 atom stereocenters. The molecule has 0 bridgehead atoms. The van der Waals surface area contributed by atoms with Crippen LogP contribution in [0.15, 0.2) is 24.4 Å². The molecule has 1 aliphatic rings. The molecule has 0 saturated heterocycles. The summed E-state index contributed by atoms with van der Waals surface area (Å²) in [4.78, 5) is 19.2. The number of carbonyl (C=O) groups is 1. The first-order valence-electron chi connectivity index (χ1n) is 8.32. The van der Waals surface area contributed by atoms with Gasteiger partial charge in [0, 0.05) is 29.9 Å². The molecule has 27 heavy (non-hydrogen) atoms. The Kier molecular flexibility index (Phi) is 5.73. The van der Waals surface area contributed by atoms with E-state index in [0.29, 0.717) is 18.0 Å². The molecule has 3 rings (SSSR count). The minimum Gasteiger partial charge on any atom is -0.369 e. The lowest BCUT2D eigenvalue weighted by Crippen LogP contribution is -2.16. The van der Waals surface area contributed by atoms with Gasteiger partial charge >= 0.3 is 6.18 Å². The molecule has 2 aromatic rings. The summed E-state index contributed by atoms with van der Waals surface area (Å²) in [6.07, 6.45) is -3.51. The molecule has 0 spiro atoms. The summed E-state index contributed by atoms with van der Waals surface area (Å²) in [5, 5.41) is 8.36. The summed E-state index contributed by atoms with van der Waals surface area (Å²) in [6, 6.07) is 5.18. The smallest absolute Gasteiger partial charge is 0.369 e. The van der Waals surface area contributed by atoms with Gasteiger partial charge in [0.25, 0.3) is 0 Å². The van der Waals surface area contributed by atoms with Crippen molar-refractivity contribution in [3.8, 4) is 0 Å². The lowest BCUT2D eigenvalue weighted by molar-refractivity contribution is -0.137. The highest BCUT2D eigenvalue weighted by atomic mass is 32.2. The molecule has 0 fully saturated rings. The average Bonchev–Trinajstić information content (AvgIpc) is 2.97. The van der Waals surface area contributed by atoms with Crippen molar-refractivity contribution in [2.24, 2.45) is 0 Å². The average molecular weight is 397 g/mol. The van der Waals surface area contributed by atoms with E-state index in [4.69, 9.17) is 0 Å². The lowest BCUT2D eigenvalue weighted by atomic mass is 10.1. The van der Waals surface area contributed by atoms with E-state index in [0.717, 1.165) is 23.2 Å². The van der Waals surface area contributed by atoms with Crippen LogP contribution in [0, 0.1) is 0 Å². The number of anilines is 4. The molecule has 144 valence electrons. The molecule has 0 unspecified atom stereocenters. The van der Waals surface area contributed by atoms with Crippen LogP contribution in [0.3, 0.4) is 0 Å². The maximum absolute atomic E-state index is 13.2. The van der Waals surface area contributed by atoms with Gasteiger partial charge in [0.1, 0.15) is 11.4 Å². The van der Waals surface area contributed by atoms with Crippen molar-refractivity contribution in [3.05, 3.63) is 35.5 Å². The third kappa shape index (κ3) is 4.82. The minimum atomic E-state index is -4.54.